The van der Waals surface area contributed by atoms with Crippen molar-refractivity contribution in [1.82, 2.24) is 19.6 Å². The predicted molar refractivity (Wildman–Crippen MR) is 76.5 cm³/mol. The number of nitrogens with two attached hydrogens (primary N) is 1. The molecule has 8 heteroatoms. The number of hydrogen-bond donors (Lipinski definition) is 3. The van der Waals surface area contributed by atoms with Crippen LogP contribution in [0.2, 0.25) is 0 Å². The average molecular weight is 281 g/mol. The van der Waals surface area contributed by atoms with Gasteiger partial charge in [0.2, 0.25) is 0 Å². The van der Waals surface area contributed by atoms with Crippen LogP contribution in [-0.4, -0.2) is 25.4 Å². The van der Waals surface area contributed by atoms with E-state index in [1.54, 1.807) is 28.9 Å². The van der Waals surface area contributed by atoms with Crippen molar-refractivity contribution in [3.8, 4) is 0 Å². The van der Waals surface area contributed by atoms with E-state index >= 15 is 0 Å². The van der Waals surface area contributed by atoms with Gasteiger partial charge in [0.15, 0.2) is 5.95 Å². The second-order valence-electron chi connectivity index (χ2n) is 4.54. The smallest absolute Gasteiger partial charge is 0.188 e. The van der Waals surface area contributed by atoms with Crippen LogP contribution in [0.15, 0.2) is 24.4 Å². The van der Waals surface area contributed by atoms with E-state index in [-0.39, 0.29) is 11.9 Å². The predicted octanol–water partition coefficient (Wildman–Crippen LogP) is 1.79. The van der Waals surface area contributed by atoms with Gasteiger partial charge in [0.25, 0.3) is 0 Å². The van der Waals surface area contributed by atoms with Crippen LogP contribution < -0.4 is 11.1 Å². The van der Waals surface area contributed by atoms with Crippen molar-refractivity contribution in [2.45, 2.75) is 26.8 Å². The summed E-state index contributed by atoms with van der Waals surface area (Å²) < 4.78 is 14.3. The van der Waals surface area contributed by atoms with Gasteiger partial charge < -0.3 is 11.1 Å². The normalized spacial score (nSPS) is 11.4. The molecule has 110 valence electrons. The minimum absolute atomic E-state index is 0.100. The number of halogens is 1. The quantitative estimate of drug-likeness (QED) is 0.447. The third-order valence-corrected chi connectivity index (χ3v) is 2.42. The SMILES string of the molecule is Cc1cnn(C(C)C)n(C)c(NC(=N)/C=C(\N)F)cn1. The Kier molecular flexibility index (Phi) is 5.24. The molecule has 1 aromatic rings. The van der Waals surface area contributed by atoms with Gasteiger partial charge >= 0.3 is 0 Å². The number of aromatic nitrogens is 4. The van der Waals surface area contributed by atoms with Gasteiger partial charge in [-0.2, -0.15) is 9.49 Å². The van der Waals surface area contributed by atoms with Gasteiger partial charge in [0, 0.05) is 13.1 Å². The Labute approximate surface area is 117 Å². The van der Waals surface area contributed by atoms with Crippen LogP contribution in [0, 0.1) is 12.3 Å². The van der Waals surface area contributed by atoms with Gasteiger partial charge in [-0.3, -0.25) is 15.1 Å². The average Bonchev–Trinajstić information content (AvgIpc) is 2.31. The molecule has 0 radical (unpaired) electrons. The fraction of sp³-hybridized carbons (Fsp3) is 0.417. The molecule has 0 bridgehead atoms. The van der Waals surface area contributed by atoms with E-state index in [1.165, 1.54) is 0 Å². The van der Waals surface area contributed by atoms with Crippen LogP contribution in [-0.2, 0) is 7.05 Å². The molecule has 0 unspecified atom stereocenters. The first-order chi connectivity index (χ1) is 9.31. The Balaban J connectivity index is 3.31. The highest BCUT2D eigenvalue weighted by Gasteiger charge is 2.04. The molecule has 0 aliphatic carbocycles. The van der Waals surface area contributed by atoms with Crippen molar-refractivity contribution in [3.63, 3.8) is 0 Å². The summed E-state index contributed by atoms with van der Waals surface area (Å²) in [6.45, 7) is 5.76. The maximum Gasteiger partial charge on any atom is 0.188 e. The molecule has 0 amide bonds. The van der Waals surface area contributed by atoms with Crippen molar-refractivity contribution in [1.29, 1.82) is 5.41 Å². The zero-order valence-corrected chi connectivity index (χ0v) is 12.1. The lowest BCUT2D eigenvalue weighted by molar-refractivity contribution is 0.381. The number of aryl methyl sites for hydroxylation is 1. The van der Waals surface area contributed by atoms with Crippen molar-refractivity contribution in [2.75, 3.05) is 5.32 Å². The standard InChI is InChI=1S/C12H20FN7/c1-8(2)20-17-6-9(3)16-7-12(19(20)4)18-11(15)5-10(13)14/h5-8H,14H2,1-4H3,(H2,15,18)/b10-5-,12-7?,16-9?,17-6?. The molecule has 0 saturated heterocycles. The summed E-state index contributed by atoms with van der Waals surface area (Å²) in [5, 5.41) is 14.6. The van der Waals surface area contributed by atoms with Gasteiger partial charge in [-0.05, 0) is 20.8 Å². The van der Waals surface area contributed by atoms with Crippen LogP contribution in [0.4, 0.5) is 10.2 Å². The van der Waals surface area contributed by atoms with Crippen molar-refractivity contribution < 1.29 is 4.39 Å². The second-order valence-corrected chi connectivity index (χ2v) is 4.54. The zero-order valence-electron chi connectivity index (χ0n) is 12.1. The van der Waals surface area contributed by atoms with E-state index in [4.69, 9.17) is 11.1 Å². The molecule has 1 rings (SSSR count). The summed E-state index contributed by atoms with van der Waals surface area (Å²) in [5.74, 6) is -0.628. The lowest BCUT2D eigenvalue weighted by atomic mass is 10.4. The molecule has 20 heavy (non-hydrogen) atoms. The molecule has 0 saturated carbocycles. The Hall–Kier alpha value is -2.38. The molecule has 0 fully saturated rings. The number of anilines is 1. The van der Waals surface area contributed by atoms with Gasteiger partial charge in [-0.15, -0.1) is 0 Å². The van der Waals surface area contributed by atoms with Gasteiger partial charge in [-0.1, -0.05) is 0 Å². The molecule has 0 aromatic carbocycles. The summed E-state index contributed by atoms with van der Waals surface area (Å²) in [6.07, 6.45) is 4.08. The largest absolute Gasteiger partial charge is 0.375 e. The summed E-state index contributed by atoms with van der Waals surface area (Å²) >= 11 is 0. The highest BCUT2D eigenvalue weighted by molar-refractivity contribution is 6.00. The maximum absolute atomic E-state index is 12.6. The Morgan fingerprint density at radius 3 is 2.70 bits per heavy atom. The van der Waals surface area contributed by atoms with Crippen LogP contribution >= 0.6 is 0 Å². The van der Waals surface area contributed by atoms with Gasteiger partial charge in [-0.25, -0.2) is 4.80 Å². The topological polar surface area (TPSA) is 97.5 Å². The van der Waals surface area contributed by atoms with Crippen molar-refractivity contribution in [2.24, 2.45) is 12.8 Å². The number of rotatable bonds is 3. The number of amidine groups is 1. The summed E-state index contributed by atoms with van der Waals surface area (Å²) in [5.41, 5.74) is 5.62. The zero-order chi connectivity index (χ0) is 15.3. The number of nitrogens with zero attached hydrogens (tertiary/aromatic N) is 4. The van der Waals surface area contributed by atoms with Crippen LogP contribution in [0.1, 0.15) is 25.6 Å². The molecular formula is C12H20FN7. The van der Waals surface area contributed by atoms with E-state index in [0.717, 1.165) is 11.8 Å². The number of nitrogens with one attached hydrogen (secondary N) is 2. The van der Waals surface area contributed by atoms with Crippen molar-refractivity contribution in [3.05, 3.63) is 30.1 Å². The lowest BCUT2D eigenvalue weighted by Gasteiger charge is -2.18. The number of hydrogen-bond acceptors (Lipinski definition) is 4. The van der Waals surface area contributed by atoms with E-state index < -0.39 is 5.95 Å². The van der Waals surface area contributed by atoms with Crippen LogP contribution in [0.25, 0.3) is 0 Å². The summed E-state index contributed by atoms with van der Waals surface area (Å²) in [4.78, 5) is 5.89. The molecule has 0 spiro atoms. The van der Waals surface area contributed by atoms with Crippen LogP contribution in [0.5, 0.6) is 0 Å². The van der Waals surface area contributed by atoms with E-state index in [2.05, 4.69) is 15.4 Å². The molecule has 1 aromatic heterocycles. The Morgan fingerprint density at radius 1 is 1.50 bits per heavy atom. The molecular weight excluding hydrogens is 261 g/mol. The monoisotopic (exact) mass is 281 g/mol. The fourth-order valence-electron chi connectivity index (χ4n) is 1.52. The second kappa shape index (κ2) is 6.69. The molecule has 0 aliphatic rings. The summed E-state index contributed by atoms with van der Waals surface area (Å²) in [6, 6.07) is 0.100. The third kappa shape index (κ3) is 4.38. The van der Waals surface area contributed by atoms with E-state index in [0.29, 0.717) is 5.82 Å². The third-order valence-electron chi connectivity index (χ3n) is 2.42. The molecule has 0 aliphatic heterocycles. The van der Waals surface area contributed by atoms with E-state index in [1.807, 2.05) is 20.8 Å². The first-order valence-electron chi connectivity index (χ1n) is 6.11. The minimum Gasteiger partial charge on any atom is -0.375 e. The van der Waals surface area contributed by atoms with Gasteiger partial charge in [0.05, 0.1) is 24.1 Å². The lowest BCUT2D eigenvalue weighted by Crippen LogP contribution is -2.22. The highest BCUT2D eigenvalue weighted by Crippen LogP contribution is 2.07. The maximum atomic E-state index is 12.6. The first-order valence-corrected chi connectivity index (χ1v) is 6.11. The highest BCUT2D eigenvalue weighted by atomic mass is 19.1. The Bertz CT molecular complexity index is 563. The molecule has 1 heterocycles. The molecule has 4 N–H and O–H groups in total. The van der Waals surface area contributed by atoms with Gasteiger partial charge in [0.1, 0.15) is 11.7 Å². The van der Waals surface area contributed by atoms with Crippen LogP contribution in [0.3, 0.4) is 0 Å². The summed E-state index contributed by atoms with van der Waals surface area (Å²) in [7, 11) is 1.77. The first kappa shape index (κ1) is 15.7. The molecule has 0 atom stereocenters. The van der Waals surface area contributed by atoms with E-state index in [9.17, 15) is 4.39 Å². The molecule has 7 nitrogen and oxygen atoms in total. The fourth-order valence-corrected chi connectivity index (χ4v) is 1.52. The minimum atomic E-state index is -0.935. The van der Waals surface area contributed by atoms with Crippen molar-refractivity contribution >= 4 is 11.7 Å². The Morgan fingerprint density at radius 2 is 2.15 bits per heavy atom.